The van der Waals surface area contributed by atoms with Crippen LogP contribution in [-0.2, 0) is 0 Å². The van der Waals surface area contributed by atoms with E-state index in [1.807, 2.05) is 25.1 Å². The molecule has 1 unspecified atom stereocenters. The Hall–Kier alpha value is 0.190. The molecule has 0 spiro atoms. The van der Waals surface area contributed by atoms with E-state index in [0.717, 1.165) is 8.04 Å². The van der Waals surface area contributed by atoms with Crippen molar-refractivity contribution >= 4 is 56.0 Å². The average molecular weight is 416 g/mol. The molecule has 16 heavy (non-hydrogen) atoms. The molecule has 88 valence electrons. The van der Waals surface area contributed by atoms with Gasteiger partial charge >= 0.3 is 0 Å². The summed E-state index contributed by atoms with van der Waals surface area (Å²) in [5, 5.41) is 2.87. The van der Waals surface area contributed by atoms with Gasteiger partial charge in [-0.1, -0.05) is 22.9 Å². The van der Waals surface area contributed by atoms with Gasteiger partial charge in [-0.05, 0) is 46.7 Å². The fourth-order valence-electron chi connectivity index (χ4n) is 1.09. The van der Waals surface area contributed by atoms with Crippen molar-refractivity contribution in [3.8, 4) is 0 Å². The van der Waals surface area contributed by atoms with Gasteiger partial charge in [0.25, 0.3) is 5.91 Å². The Balaban J connectivity index is 2.69. The number of halogens is 3. The summed E-state index contributed by atoms with van der Waals surface area (Å²) in [4.78, 5) is 11.9. The summed E-state index contributed by atoms with van der Waals surface area (Å²) in [6, 6.07) is 5.65. The summed E-state index contributed by atoms with van der Waals surface area (Å²) in [5.41, 5.74) is 0.691. The van der Waals surface area contributed by atoms with E-state index in [-0.39, 0.29) is 11.8 Å². The molecule has 1 N–H and O–H groups in total. The Morgan fingerprint density at radius 1 is 1.62 bits per heavy atom. The van der Waals surface area contributed by atoms with Crippen LogP contribution >= 0.6 is 50.1 Å². The van der Waals surface area contributed by atoms with Crippen LogP contribution in [0, 0.1) is 9.49 Å². The maximum Gasteiger partial charge on any atom is 0.252 e. The van der Waals surface area contributed by atoms with E-state index in [2.05, 4.69) is 43.8 Å². The molecule has 0 aliphatic carbocycles. The molecule has 5 heteroatoms. The average Bonchev–Trinajstić information content (AvgIpc) is 2.28. The second kappa shape index (κ2) is 6.81. The first-order chi connectivity index (χ1) is 7.54. The Morgan fingerprint density at radius 3 is 2.94 bits per heavy atom. The number of nitrogens with one attached hydrogen (secondary N) is 1. The van der Waals surface area contributed by atoms with E-state index >= 15 is 0 Å². The number of hydrogen-bond donors (Lipinski definition) is 1. The minimum atomic E-state index is -0.0531. The number of carbonyl (C=O) groups excluding carboxylic acids is 1. The van der Waals surface area contributed by atoms with E-state index in [9.17, 15) is 4.79 Å². The predicted molar refractivity (Wildman–Crippen MR) is 79.1 cm³/mol. The second-order valence-electron chi connectivity index (χ2n) is 3.59. The van der Waals surface area contributed by atoms with E-state index in [0.29, 0.717) is 18.0 Å². The summed E-state index contributed by atoms with van der Waals surface area (Å²) >= 11 is 11.2. The monoisotopic (exact) mass is 415 g/mol. The third-order valence-corrected chi connectivity index (χ3v) is 4.01. The SMILES string of the molecule is CC(CCl)CNC(=O)c1cc(Br)ccc1I. The summed E-state index contributed by atoms with van der Waals surface area (Å²) in [7, 11) is 0. The van der Waals surface area contributed by atoms with Crippen LogP contribution in [0.5, 0.6) is 0 Å². The molecule has 1 atom stereocenters. The van der Waals surface area contributed by atoms with Crippen molar-refractivity contribution in [3.05, 3.63) is 31.8 Å². The molecule has 0 aromatic heterocycles. The molecule has 0 aliphatic rings. The third-order valence-electron chi connectivity index (χ3n) is 2.05. The Labute approximate surface area is 122 Å². The molecular weight excluding hydrogens is 404 g/mol. The summed E-state index contributed by atoms with van der Waals surface area (Å²) < 4.78 is 1.85. The molecule has 0 aliphatic heterocycles. The first-order valence-electron chi connectivity index (χ1n) is 4.83. The third kappa shape index (κ3) is 4.22. The molecule has 0 fully saturated rings. The van der Waals surface area contributed by atoms with Crippen LogP contribution in [0.15, 0.2) is 22.7 Å². The molecule has 1 aromatic carbocycles. The van der Waals surface area contributed by atoms with Crippen LogP contribution in [-0.4, -0.2) is 18.3 Å². The van der Waals surface area contributed by atoms with Gasteiger partial charge in [0.15, 0.2) is 0 Å². The first-order valence-corrected chi connectivity index (χ1v) is 7.24. The van der Waals surface area contributed by atoms with Gasteiger partial charge in [0.05, 0.1) is 5.56 Å². The molecule has 1 rings (SSSR count). The molecule has 1 aromatic rings. The number of rotatable bonds is 4. The topological polar surface area (TPSA) is 29.1 Å². The van der Waals surface area contributed by atoms with Gasteiger partial charge in [-0.25, -0.2) is 0 Å². The van der Waals surface area contributed by atoms with Crippen molar-refractivity contribution in [3.63, 3.8) is 0 Å². The summed E-state index contributed by atoms with van der Waals surface area (Å²) in [6.07, 6.45) is 0. The van der Waals surface area contributed by atoms with E-state index in [1.54, 1.807) is 0 Å². The first kappa shape index (κ1) is 14.3. The highest BCUT2D eigenvalue weighted by Gasteiger charge is 2.11. The normalized spacial score (nSPS) is 12.2. The van der Waals surface area contributed by atoms with Crippen LogP contribution < -0.4 is 5.32 Å². The van der Waals surface area contributed by atoms with Crippen LogP contribution in [0.4, 0.5) is 0 Å². The van der Waals surface area contributed by atoms with Gasteiger partial charge < -0.3 is 5.32 Å². The predicted octanol–water partition coefficient (Wildman–Crippen LogP) is 3.66. The van der Waals surface area contributed by atoms with E-state index < -0.39 is 0 Å². The Kier molecular flexibility index (Phi) is 6.07. The molecule has 0 heterocycles. The zero-order valence-corrected chi connectivity index (χ0v) is 13.3. The van der Waals surface area contributed by atoms with E-state index in [1.165, 1.54) is 0 Å². The van der Waals surface area contributed by atoms with Crippen molar-refractivity contribution in [1.29, 1.82) is 0 Å². The maximum absolute atomic E-state index is 11.9. The number of carbonyl (C=O) groups is 1. The van der Waals surface area contributed by atoms with Crippen molar-refractivity contribution in [1.82, 2.24) is 5.32 Å². The van der Waals surface area contributed by atoms with Crippen molar-refractivity contribution in [2.45, 2.75) is 6.92 Å². The zero-order valence-electron chi connectivity index (χ0n) is 8.77. The van der Waals surface area contributed by atoms with Crippen LogP contribution in [0.1, 0.15) is 17.3 Å². The zero-order chi connectivity index (χ0) is 12.1. The highest BCUT2D eigenvalue weighted by atomic mass is 127. The Morgan fingerprint density at radius 2 is 2.31 bits per heavy atom. The lowest BCUT2D eigenvalue weighted by atomic mass is 10.2. The van der Waals surface area contributed by atoms with Crippen LogP contribution in [0.2, 0.25) is 0 Å². The van der Waals surface area contributed by atoms with Crippen molar-refractivity contribution in [2.24, 2.45) is 5.92 Å². The number of amides is 1. The molecular formula is C11H12BrClINO. The van der Waals surface area contributed by atoms with Crippen LogP contribution in [0.25, 0.3) is 0 Å². The number of benzene rings is 1. The van der Waals surface area contributed by atoms with Gasteiger partial charge in [0.1, 0.15) is 0 Å². The number of alkyl halides is 1. The number of hydrogen-bond acceptors (Lipinski definition) is 1. The smallest absolute Gasteiger partial charge is 0.252 e. The lowest BCUT2D eigenvalue weighted by Crippen LogP contribution is -2.29. The second-order valence-corrected chi connectivity index (χ2v) is 5.98. The fraction of sp³-hybridized carbons (Fsp3) is 0.364. The van der Waals surface area contributed by atoms with Gasteiger partial charge in [-0.15, -0.1) is 11.6 Å². The fourth-order valence-corrected chi connectivity index (χ4v) is 2.14. The van der Waals surface area contributed by atoms with Gasteiger partial charge in [0.2, 0.25) is 0 Å². The minimum Gasteiger partial charge on any atom is -0.352 e. The maximum atomic E-state index is 11.9. The minimum absolute atomic E-state index is 0.0531. The van der Waals surface area contributed by atoms with Crippen molar-refractivity contribution < 1.29 is 4.79 Å². The van der Waals surface area contributed by atoms with Crippen LogP contribution in [0.3, 0.4) is 0 Å². The highest BCUT2D eigenvalue weighted by molar-refractivity contribution is 14.1. The lowest BCUT2D eigenvalue weighted by molar-refractivity contribution is 0.0948. The van der Waals surface area contributed by atoms with Gasteiger partial charge in [0, 0.05) is 20.5 Å². The Bertz CT molecular complexity index is 386. The molecule has 0 radical (unpaired) electrons. The molecule has 2 nitrogen and oxygen atoms in total. The van der Waals surface area contributed by atoms with Gasteiger partial charge in [-0.2, -0.15) is 0 Å². The van der Waals surface area contributed by atoms with Crippen molar-refractivity contribution in [2.75, 3.05) is 12.4 Å². The largest absolute Gasteiger partial charge is 0.352 e. The quantitative estimate of drug-likeness (QED) is 0.589. The summed E-state index contributed by atoms with van der Waals surface area (Å²) in [5.74, 6) is 0.786. The molecule has 0 bridgehead atoms. The standard InChI is InChI=1S/C11H12BrClINO/c1-7(5-13)6-15-11(16)9-4-8(12)2-3-10(9)14/h2-4,7H,5-6H2,1H3,(H,15,16). The lowest BCUT2D eigenvalue weighted by Gasteiger charge is -2.10. The summed E-state index contributed by atoms with van der Waals surface area (Å²) in [6.45, 7) is 2.60. The van der Waals surface area contributed by atoms with Gasteiger partial charge in [-0.3, -0.25) is 4.79 Å². The molecule has 1 amide bonds. The molecule has 0 saturated carbocycles. The van der Waals surface area contributed by atoms with E-state index in [4.69, 9.17) is 11.6 Å². The molecule has 0 saturated heterocycles. The highest BCUT2D eigenvalue weighted by Crippen LogP contribution is 2.18.